The number of nitrogens with zero attached hydrogens (tertiary/aromatic N) is 3. The number of ether oxygens (including phenoxy) is 1. The van der Waals surface area contributed by atoms with Crippen molar-refractivity contribution in [3.8, 4) is 0 Å². The summed E-state index contributed by atoms with van der Waals surface area (Å²) in [4.78, 5) is 21.8. The standard InChI is InChI=1S/C12H21N5O2/c1-13-11-9-14-8-10(16-11)12(18)15-4-6-19-7-5-17(2)3/h8-9H,4-7H2,1-3H3,(H,13,16)(H,15,18). The van der Waals surface area contributed by atoms with Crippen LogP contribution in [0.4, 0.5) is 5.82 Å². The second kappa shape index (κ2) is 8.39. The molecule has 19 heavy (non-hydrogen) atoms. The number of nitrogens with one attached hydrogen (secondary N) is 2. The van der Waals surface area contributed by atoms with E-state index in [2.05, 4.69) is 20.6 Å². The van der Waals surface area contributed by atoms with Crippen LogP contribution in [0.25, 0.3) is 0 Å². The zero-order chi connectivity index (χ0) is 14.1. The van der Waals surface area contributed by atoms with E-state index in [1.54, 1.807) is 13.2 Å². The number of anilines is 1. The van der Waals surface area contributed by atoms with Crippen LogP contribution in [-0.2, 0) is 4.74 Å². The van der Waals surface area contributed by atoms with E-state index in [0.717, 1.165) is 6.54 Å². The van der Waals surface area contributed by atoms with E-state index in [4.69, 9.17) is 4.74 Å². The highest BCUT2D eigenvalue weighted by atomic mass is 16.5. The summed E-state index contributed by atoms with van der Waals surface area (Å²) in [5, 5.41) is 5.56. The predicted octanol–water partition coefficient (Wildman–Crippen LogP) is -0.174. The van der Waals surface area contributed by atoms with E-state index in [0.29, 0.717) is 31.3 Å². The van der Waals surface area contributed by atoms with Crippen molar-refractivity contribution in [3.05, 3.63) is 18.1 Å². The number of aromatic nitrogens is 2. The molecule has 1 heterocycles. The van der Waals surface area contributed by atoms with Crippen LogP contribution in [0.5, 0.6) is 0 Å². The Balaban J connectivity index is 2.23. The number of hydrogen-bond donors (Lipinski definition) is 2. The van der Waals surface area contributed by atoms with Crippen LogP contribution < -0.4 is 10.6 Å². The lowest BCUT2D eigenvalue weighted by molar-refractivity contribution is 0.0895. The lowest BCUT2D eigenvalue weighted by Crippen LogP contribution is -2.29. The monoisotopic (exact) mass is 267 g/mol. The summed E-state index contributed by atoms with van der Waals surface area (Å²) in [6, 6.07) is 0. The zero-order valence-electron chi connectivity index (χ0n) is 11.6. The number of carbonyl (C=O) groups is 1. The van der Waals surface area contributed by atoms with Gasteiger partial charge in [-0.15, -0.1) is 0 Å². The van der Waals surface area contributed by atoms with E-state index in [1.165, 1.54) is 6.20 Å². The number of likely N-dealkylation sites (N-methyl/N-ethyl adjacent to an activating group) is 1. The minimum atomic E-state index is -0.249. The molecule has 1 aromatic rings. The molecule has 7 heteroatoms. The van der Waals surface area contributed by atoms with Gasteiger partial charge < -0.3 is 20.3 Å². The van der Waals surface area contributed by atoms with Gasteiger partial charge in [0.2, 0.25) is 0 Å². The molecule has 1 rings (SSSR count). The molecular weight excluding hydrogens is 246 g/mol. The fraction of sp³-hybridized carbons (Fsp3) is 0.583. The summed E-state index contributed by atoms with van der Waals surface area (Å²) in [7, 11) is 5.70. The molecule has 7 nitrogen and oxygen atoms in total. The first-order valence-electron chi connectivity index (χ1n) is 6.14. The molecule has 0 aromatic carbocycles. The van der Waals surface area contributed by atoms with E-state index in [-0.39, 0.29) is 5.91 Å². The van der Waals surface area contributed by atoms with Crippen molar-refractivity contribution in [1.29, 1.82) is 0 Å². The Labute approximate surface area is 113 Å². The average Bonchev–Trinajstić information content (AvgIpc) is 2.42. The Morgan fingerprint density at radius 3 is 2.84 bits per heavy atom. The van der Waals surface area contributed by atoms with Gasteiger partial charge in [-0.1, -0.05) is 0 Å². The summed E-state index contributed by atoms with van der Waals surface area (Å²) < 4.78 is 5.37. The summed E-state index contributed by atoms with van der Waals surface area (Å²) in [5.41, 5.74) is 0.292. The topological polar surface area (TPSA) is 79.4 Å². The Kier molecular flexibility index (Phi) is 6.76. The van der Waals surface area contributed by atoms with Crippen molar-refractivity contribution < 1.29 is 9.53 Å². The van der Waals surface area contributed by atoms with Gasteiger partial charge in [-0.3, -0.25) is 9.78 Å². The quantitative estimate of drug-likeness (QED) is 0.636. The smallest absolute Gasteiger partial charge is 0.271 e. The minimum absolute atomic E-state index is 0.249. The molecule has 1 amide bonds. The van der Waals surface area contributed by atoms with Crippen LogP contribution in [0.2, 0.25) is 0 Å². The van der Waals surface area contributed by atoms with E-state index >= 15 is 0 Å². The summed E-state index contributed by atoms with van der Waals surface area (Å²) >= 11 is 0. The third kappa shape index (κ3) is 6.12. The van der Waals surface area contributed by atoms with Crippen LogP contribution in [0.15, 0.2) is 12.4 Å². The van der Waals surface area contributed by atoms with Crippen molar-refractivity contribution in [3.63, 3.8) is 0 Å². The fourth-order valence-corrected chi connectivity index (χ4v) is 1.27. The highest BCUT2D eigenvalue weighted by molar-refractivity contribution is 5.92. The van der Waals surface area contributed by atoms with Gasteiger partial charge in [-0.25, -0.2) is 4.98 Å². The van der Waals surface area contributed by atoms with Crippen LogP contribution in [0.1, 0.15) is 10.5 Å². The number of rotatable bonds is 8. The van der Waals surface area contributed by atoms with Gasteiger partial charge in [-0.2, -0.15) is 0 Å². The van der Waals surface area contributed by atoms with Crippen molar-refractivity contribution >= 4 is 11.7 Å². The van der Waals surface area contributed by atoms with Crippen molar-refractivity contribution in [2.24, 2.45) is 0 Å². The highest BCUT2D eigenvalue weighted by Gasteiger charge is 2.07. The van der Waals surface area contributed by atoms with Crippen LogP contribution in [0.3, 0.4) is 0 Å². The molecule has 0 fully saturated rings. The summed E-state index contributed by atoms with van der Waals surface area (Å²) in [6.45, 7) is 2.46. The van der Waals surface area contributed by atoms with Crippen molar-refractivity contribution in [1.82, 2.24) is 20.2 Å². The SMILES string of the molecule is CNc1cncc(C(=O)NCCOCCN(C)C)n1. The fourth-order valence-electron chi connectivity index (χ4n) is 1.27. The predicted molar refractivity (Wildman–Crippen MR) is 73.3 cm³/mol. The van der Waals surface area contributed by atoms with E-state index in [1.807, 2.05) is 19.0 Å². The number of carbonyl (C=O) groups excluding carboxylic acids is 1. The Bertz CT molecular complexity index is 397. The van der Waals surface area contributed by atoms with Gasteiger partial charge in [0.05, 0.1) is 25.6 Å². The molecule has 0 atom stereocenters. The molecule has 0 unspecified atom stereocenters. The van der Waals surface area contributed by atoms with Gasteiger partial charge in [0.1, 0.15) is 11.5 Å². The number of amides is 1. The zero-order valence-corrected chi connectivity index (χ0v) is 11.6. The summed E-state index contributed by atoms with van der Waals surface area (Å²) in [5.74, 6) is 0.315. The molecule has 1 aromatic heterocycles. The second-order valence-electron chi connectivity index (χ2n) is 4.21. The average molecular weight is 267 g/mol. The first-order valence-corrected chi connectivity index (χ1v) is 6.14. The molecule has 0 bridgehead atoms. The minimum Gasteiger partial charge on any atom is -0.378 e. The van der Waals surface area contributed by atoms with Crippen molar-refractivity contribution in [2.75, 3.05) is 52.8 Å². The molecule has 2 N–H and O–H groups in total. The first kappa shape index (κ1) is 15.3. The largest absolute Gasteiger partial charge is 0.378 e. The maximum atomic E-state index is 11.7. The lowest BCUT2D eigenvalue weighted by atomic mass is 10.4. The summed E-state index contributed by atoms with van der Waals surface area (Å²) in [6.07, 6.45) is 2.99. The van der Waals surface area contributed by atoms with Crippen LogP contribution in [0, 0.1) is 0 Å². The molecule has 106 valence electrons. The molecule has 0 saturated carbocycles. The maximum Gasteiger partial charge on any atom is 0.271 e. The van der Waals surface area contributed by atoms with Crippen LogP contribution in [-0.4, -0.2) is 68.2 Å². The molecule has 0 aliphatic rings. The Hall–Kier alpha value is -1.73. The lowest BCUT2D eigenvalue weighted by Gasteiger charge is -2.10. The van der Waals surface area contributed by atoms with Gasteiger partial charge in [0, 0.05) is 20.1 Å². The van der Waals surface area contributed by atoms with Gasteiger partial charge in [0.25, 0.3) is 5.91 Å². The number of hydrogen-bond acceptors (Lipinski definition) is 6. The van der Waals surface area contributed by atoms with Gasteiger partial charge in [-0.05, 0) is 14.1 Å². The molecule has 0 aliphatic carbocycles. The Morgan fingerprint density at radius 2 is 2.16 bits per heavy atom. The second-order valence-corrected chi connectivity index (χ2v) is 4.21. The van der Waals surface area contributed by atoms with Gasteiger partial charge >= 0.3 is 0 Å². The first-order chi connectivity index (χ1) is 9.13. The third-order valence-corrected chi connectivity index (χ3v) is 2.34. The highest BCUT2D eigenvalue weighted by Crippen LogP contribution is 2.00. The van der Waals surface area contributed by atoms with Crippen molar-refractivity contribution in [2.45, 2.75) is 0 Å². The molecule has 0 radical (unpaired) electrons. The maximum absolute atomic E-state index is 11.7. The normalized spacial score (nSPS) is 10.5. The molecule has 0 spiro atoms. The third-order valence-electron chi connectivity index (χ3n) is 2.34. The van der Waals surface area contributed by atoms with Gasteiger partial charge in [0.15, 0.2) is 0 Å². The van der Waals surface area contributed by atoms with Crippen LogP contribution >= 0.6 is 0 Å². The Morgan fingerprint density at radius 1 is 1.37 bits per heavy atom. The molecule has 0 aliphatic heterocycles. The van der Waals surface area contributed by atoms with E-state index < -0.39 is 0 Å². The van der Waals surface area contributed by atoms with E-state index in [9.17, 15) is 4.79 Å². The molecule has 0 saturated heterocycles. The molecular formula is C12H21N5O2.